The number of imidazole rings is 1. The molecule has 3 aromatic rings. The molecule has 0 aliphatic rings. The van der Waals surface area contributed by atoms with Gasteiger partial charge in [0.2, 0.25) is 5.91 Å². The Bertz CT molecular complexity index is 1180. The average molecular weight is 399 g/mol. The van der Waals surface area contributed by atoms with E-state index in [9.17, 15) is 19.2 Å². The average Bonchev–Trinajstić information content (AvgIpc) is 3.11. The highest BCUT2D eigenvalue weighted by molar-refractivity contribution is 5.78. The minimum absolute atomic E-state index is 0.0834. The summed E-state index contributed by atoms with van der Waals surface area (Å²) < 4.78 is 8.26. The second-order valence-electron chi connectivity index (χ2n) is 6.57. The van der Waals surface area contributed by atoms with Crippen LogP contribution < -0.4 is 16.6 Å². The Kier molecular flexibility index (Phi) is 5.62. The molecule has 0 aliphatic carbocycles. The molecule has 0 bridgehead atoms. The van der Waals surface area contributed by atoms with E-state index in [0.717, 1.165) is 4.57 Å². The predicted molar refractivity (Wildman–Crippen MR) is 104 cm³/mol. The van der Waals surface area contributed by atoms with Gasteiger partial charge in [0.05, 0.1) is 25.9 Å². The van der Waals surface area contributed by atoms with E-state index in [1.165, 1.54) is 29.6 Å². The molecule has 10 nitrogen and oxygen atoms in total. The first kappa shape index (κ1) is 20.1. The summed E-state index contributed by atoms with van der Waals surface area (Å²) in [5, 5.41) is 2.71. The predicted octanol–water partition coefficient (Wildman–Crippen LogP) is -0.146. The summed E-state index contributed by atoms with van der Waals surface area (Å²) in [7, 11) is 4.38. The van der Waals surface area contributed by atoms with E-state index >= 15 is 0 Å². The van der Waals surface area contributed by atoms with Gasteiger partial charge in [0, 0.05) is 14.1 Å². The third-order valence-corrected chi connectivity index (χ3v) is 4.64. The second kappa shape index (κ2) is 8.13. The molecule has 0 saturated heterocycles. The number of aryl methyl sites for hydroxylation is 2. The topological polar surface area (TPSA) is 117 Å². The standard InChI is InChI=1S/C19H21N5O5/c1-22-11-20-17-16(22)18(27)24(19(28)23(17)2)10-14(25)21-13(9-15(26)29-3)12-7-5-4-6-8-12/h4-8,11,13H,9-10H2,1-3H3,(H,21,25)/t13-/m0/s1. The maximum absolute atomic E-state index is 12.7. The first-order chi connectivity index (χ1) is 13.8. The van der Waals surface area contributed by atoms with Crippen molar-refractivity contribution < 1.29 is 14.3 Å². The first-order valence-corrected chi connectivity index (χ1v) is 8.85. The maximum atomic E-state index is 12.7. The van der Waals surface area contributed by atoms with Gasteiger partial charge >= 0.3 is 11.7 Å². The third kappa shape index (κ3) is 3.96. The molecule has 10 heteroatoms. The highest BCUT2D eigenvalue weighted by Crippen LogP contribution is 2.17. The lowest BCUT2D eigenvalue weighted by Crippen LogP contribution is -2.44. The number of hydrogen-bond donors (Lipinski definition) is 1. The van der Waals surface area contributed by atoms with Crippen LogP contribution >= 0.6 is 0 Å². The lowest BCUT2D eigenvalue weighted by atomic mass is 10.0. The van der Waals surface area contributed by atoms with Crippen molar-refractivity contribution in [2.75, 3.05) is 7.11 Å². The fraction of sp³-hybridized carbons (Fsp3) is 0.316. The van der Waals surface area contributed by atoms with Crippen LogP contribution in [0.25, 0.3) is 11.2 Å². The Morgan fingerprint density at radius 1 is 1.17 bits per heavy atom. The molecule has 1 N–H and O–H groups in total. The second-order valence-corrected chi connectivity index (χ2v) is 6.57. The van der Waals surface area contributed by atoms with Gasteiger partial charge in [0.1, 0.15) is 6.54 Å². The zero-order chi connectivity index (χ0) is 21.1. The number of carbonyl (C=O) groups excluding carboxylic acids is 2. The summed E-state index contributed by atoms with van der Waals surface area (Å²) in [6, 6.07) is 8.25. The first-order valence-electron chi connectivity index (χ1n) is 8.85. The van der Waals surface area contributed by atoms with Crippen molar-refractivity contribution in [3.8, 4) is 0 Å². The van der Waals surface area contributed by atoms with Crippen molar-refractivity contribution in [2.24, 2.45) is 14.1 Å². The molecule has 1 amide bonds. The number of ether oxygens (including phenoxy) is 1. The zero-order valence-corrected chi connectivity index (χ0v) is 16.3. The molecule has 2 aromatic heterocycles. The summed E-state index contributed by atoms with van der Waals surface area (Å²) in [5.41, 5.74) is -0.0993. The van der Waals surface area contributed by atoms with Crippen LogP contribution in [0.1, 0.15) is 18.0 Å². The maximum Gasteiger partial charge on any atom is 0.332 e. The van der Waals surface area contributed by atoms with Crippen molar-refractivity contribution in [3.63, 3.8) is 0 Å². The minimum atomic E-state index is -0.656. The van der Waals surface area contributed by atoms with Crippen LogP contribution in [0.5, 0.6) is 0 Å². The van der Waals surface area contributed by atoms with Crippen LogP contribution in [0.15, 0.2) is 46.2 Å². The fourth-order valence-electron chi connectivity index (χ4n) is 3.11. The molecule has 3 rings (SSSR count). The number of methoxy groups -OCH3 is 1. The molecule has 0 spiro atoms. The van der Waals surface area contributed by atoms with Crippen LogP contribution in [0.2, 0.25) is 0 Å². The van der Waals surface area contributed by atoms with Crippen LogP contribution in [0.4, 0.5) is 0 Å². The Balaban J connectivity index is 1.91. The van der Waals surface area contributed by atoms with E-state index in [1.54, 1.807) is 31.3 Å². The fourth-order valence-corrected chi connectivity index (χ4v) is 3.11. The normalized spacial score (nSPS) is 12.0. The molecule has 1 aromatic carbocycles. The van der Waals surface area contributed by atoms with Crippen molar-refractivity contribution in [1.82, 2.24) is 24.0 Å². The van der Waals surface area contributed by atoms with Gasteiger partial charge in [-0.05, 0) is 5.56 Å². The molecule has 0 radical (unpaired) electrons. The molecule has 152 valence electrons. The highest BCUT2D eigenvalue weighted by Gasteiger charge is 2.21. The third-order valence-electron chi connectivity index (χ3n) is 4.64. The van der Waals surface area contributed by atoms with E-state index < -0.39 is 35.7 Å². The number of esters is 1. The van der Waals surface area contributed by atoms with Gasteiger partial charge in [-0.15, -0.1) is 0 Å². The minimum Gasteiger partial charge on any atom is -0.469 e. The molecule has 0 saturated carbocycles. The number of aromatic nitrogens is 4. The number of nitrogens with zero attached hydrogens (tertiary/aromatic N) is 4. The molecule has 1 atom stereocenters. The SMILES string of the molecule is COC(=O)C[C@H](NC(=O)Cn1c(=O)c2c(ncn2C)n(C)c1=O)c1ccccc1. The van der Waals surface area contributed by atoms with E-state index in [4.69, 9.17) is 4.74 Å². The summed E-state index contributed by atoms with van der Waals surface area (Å²) in [6.07, 6.45) is 1.34. The summed E-state index contributed by atoms with van der Waals surface area (Å²) in [5.74, 6) is -1.08. The molecule has 2 heterocycles. The number of nitrogens with one attached hydrogen (secondary N) is 1. The van der Waals surface area contributed by atoms with Gasteiger partial charge in [-0.3, -0.25) is 19.0 Å². The number of fused-ring (bicyclic) bond motifs is 1. The Morgan fingerprint density at radius 2 is 1.86 bits per heavy atom. The Morgan fingerprint density at radius 3 is 2.52 bits per heavy atom. The van der Waals surface area contributed by atoms with E-state index in [2.05, 4.69) is 10.3 Å². The lowest BCUT2D eigenvalue weighted by molar-refractivity contribution is -0.141. The molecule has 0 aliphatic heterocycles. The van der Waals surface area contributed by atoms with Gasteiger partial charge in [-0.2, -0.15) is 0 Å². The molecule has 0 fully saturated rings. The Hall–Kier alpha value is -3.69. The summed E-state index contributed by atoms with van der Waals surface area (Å²) >= 11 is 0. The van der Waals surface area contributed by atoms with Crippen LogP contribution in [0, 0.1) is 0 Å². The highest BCUT2D eigenvalue weighted by atomic mass is 16.5. The lowest BCUT2D eigenvalue weighted by Gasteiger charge is -2.18. The van der Waals surface area contributed by atoms with Gasteiger partial charge in [-0.1, -0.05) is 30.3 Å². The van der Waals surface area contributed by atoms with Crippen LogP contribution in [0.3, 0.4) is 0 Å². The molecule has 0 unspecified atom stereocenters. The van der Waals surface area contributed by atoms with E-state index in [-0.39, 0.29) is 17.6 Å². The largest absolute Gasteiger partial charge is 0.469 e. The van der Waals surface area contributed by atoms with Gasteiger partial charge < -0.3 is 14.6 Å². The number of amides is 1. The zero-order valence-electron chi connectivity index (χ0n) is 16.3. The number of carbonyl (C=O) groups is 2. The van der Waals surface area contributed by atoms with Crippen LogP contribution in [-0.2, 0) is 35.0 Å². The monoisotopic (exact) mass is 399 g/mol. The van der Waals surface area contributed by atoms with E-state index in [1.807, 2.05) is 6.07 Å². The van der Waals surface area contributed by atoms with Crippen molar-refractivity contribution >= 4 is 23.0 Å². The smallest absolute Gasteiger partial charge is 0.332 e. The van der Waals surface area contributed by atoms with Gasteiger partial charge in [0.25, 0.3) is 5.56 Å². The van der Waals surface area contributed by atoms with E-state index in [0.29, 0.717) is 5.56 Å². The molecular formula is C19H21N5O5. The Labute approximate surface area is 165 Å². The number of rotatable bonds is 6. The van der Waals surface area contributed by atoms with Crippen LogP contribution in [-0.4, -0.2) is 37.7 Å². The molecule has 29 heavy (non-hydrogen) atoms. The molecular weight excluding hydrogens is 378 g/mol. The van der Waals surface area contributed by atoms with Crippen molar-refractivity contribution in [2.45, 2.75) is 19.0 Å². The van der Waals surface area contributed by atoms with Crippen molar-refractivity contribution in [3.05, 3.63) is 63.1 Å². The van der Waals surface area contributed by atoms with Gasteiger partial charge in [0.15, 0.2) is 11.2 Å². The number of hydrogen-bond acceptors (Lipinski definition) is 6. The number of benzene rings is 1. The van der Waals surface area contributed by atoms with Gasteiger partial charge in [-0.25, -0.2) is 14.3 Å². The van der Waals surface area contributed by atoms with Crippen molar-refractivity contribution in [1.29, 1.82) is 0 Å². The quantitative estimate of drug-likeness (QED) is 0.577. The summed E-state index contributed by atoms with van der Waals surface area (Å²) in [4.78, 5) is 53.7. The summed E-state index contributed by atoms with van der Waals surface area (Å²) in [6.45, 7) is -0.489.